The van der Waals surface area contributed by atoms with Gasteiger partial charge in [-0.3, -0.25) is 14.3 Å². The summed E-state index contributed by atoms with van der Waals surface area (Å²) in [5.41, 5.74) is 3.48. The molecule has 1 aliphatic rings. The zero-order chi connectivity index (χ0) is 15.4. The summed E-state index contributed by atoms with van der Waals surface area (Å²) in [5, 5.41) is 29.6. The third kappa shape index (κ3) is 1.92. The molecule has 1 unspecified atom stereocenters. The lowest BCUT2D eigenvalue weighted by molar-refractivity contribution is -0.0804. The number of nitrogens with two attached hydrogens (primary N) is 1. The fraction of sp³-hybridized carbons (Fsp3) is 0.545. The normalized spacial score (nSPS) is 32.9. The van der Waals surface area contributed by atoms with Gasteiger partial charge in [-0.1, -0.05) is 0 Å². The average molecular weight is 297 g/mol. The number of nitrogens with one attached hydrogen (secondary N) is 1. The highest BCUT2D eigenvalue weighted by atomic mass is 16.6. The number of anilines is 1. The average Bonchev–Trinajstić information content (AvgIpc) is 2.91. The molecule has 0 amide bonds. The highest BCUT2D eigenvalue weighted by Gasteiger charge is 2.52. The van der Waals surface area contributed by atoms with Crippen LogP contribution in [0.3, 0.4) is 0 Å². The lowest BCUT2D eigenvalue weighted by atomic mass is 9.95. The summed E-state index contributed by atoms with van der Waals surface area (Å²) >= 11 is 0. The van der Waals surface area contributed by atoms with E-state index in [-0.39, 0.29) is 17.1 Å². The molecule has 2 aromatic rings. The Labute approximate surface area is 117 Å². The molecule has 0 aliphatic carbocycles. The topological polar surface area (TPSA) is 160 Å². The Balaban J connectivity index is 2.12. The van der Waals surface area contributed by atoms with Crippen LogP contribution in [0.5, 0.6) is 0 Å². The predicted octanol–water partition coefficient (Wildman–Crippen LogP) is -2.30. The van der Waals surface area contributed by atoms with Crippen LogP contribution in [0.15, 0.2) is 11.1 Å². The van der Waals surface area contributed by atoms with Crippen LogP contribution in [0, 0.1) is 0 Å². The molecule has 2 aromatic heterocycles. The van der Waals surface area contributed by atoms with Gasteiger partial charge in [-0.2, -0.15) is 4.98 Å². The molecule has 10 heteroatoms. The van der Waals surface area contributed by atoms with E-state index in [1.807, 2.05) is 0 Å². The van der Waals surface area contributed by atoms with Gasteiger partial charge in [0.25, 0.3) is 5.56 Å². The van der Waals surface area contributed by atoms with Crippen LogP contribution in [0.25, 0.3) is 11.2 Å². The van der Waals surface area contributed by atoms with E-state index >= 15 is 0 Å². The van der Waals surface area contributed by atoms with Crippen molar-refractivity contribution in [2.45, 2.75) is 31.0 Å². The van der Waals surface area contributed by atoms with Gasteiger partial charge >= 0.3 is 0 Å². The number of aromatic amines is 1. The third-order valence-electron chi connectivity index (χ3n) is 3.72. The lowest BCUT2D eigenvalue weighted by Gasteiger charge is -2.25. The second-order valence-corrected chi connectivity index (χ2v) is 5.14. The quantitative estimate of drug-likeness (QED) is 0.414. The molecular formula is C11H15N5O5. The van der Waals surface area contributed by atoms with Crippen molar-refractivity contribution in [2.75, 3.05) is 12.3 Å². The Bertz CT molecular complexity index is 738. The number of aliphatic hydroxyl groups excluding tert-OH is 2. The number of aliphatic hydroxyl groups is 3. The summed E-state index contributed by atoms with van der Waals surface area (Å²) in [6.07, 6.45) is -2.10. The van der Waals surface area contributed by atoms with Gasteiger partial charge in [0.1, 0.15) is 17.8 Å². The first kappa shape index (κ1) is 13.9. The fourth-order valence-electron chi connectivity index (χ4n) is 2.43. The van der Waals surface area contributed by atoms with Crippen LogP contribution in [0.4, 0.5) is 5.95 Å². The Morgan fingerprint density at radius 3 is 2.95 bits per heavy atom. The van der Waals surface area contributed by atoms with Crippen LogP contribution in [0.1, 0.15) is 13.2 Å². The SMILES string of the molecule is CC1(O)[C@H](O)[C@H](n2cnc3c(=O)[nH]c(N)nc32)O[C@@H]1CO. The molecule has 0 bridgehead atoms. The second-order valence-electron chi connectivity index (χ2n) is 5.14. The van der Waals surface area contributed by atoms with Gasteiger partial charge in [0.05, 0.1) is 12.9 Å². The maximum absolute atomic E-state index is 11.7. The molecule has 114 valence electrons. The molecule has 3 heterocycles. The minimum Gasteiger partial charge on any atom is -0.394 e. The highest BCUT2D eigenvalue weighted by Crippen LogP contribution is 2.37. The summed E-state index contributed by atoms with van der Waals surface area (Å²) < 4.78 is 6.75. The van der Waals surface area contributed by atoms with Crippen molar-refractivity contribution >= 4 is 17.1 Å². The molecule has 0 radical (unpaired) electrons. The number of ether oxygens (including phenoxy) is 1. The number of nitrogen functional groups attached to an aromatic ring is 1. The van der Waals surface area contributed by atoms with Gasteiger partial charge in [0.2, 0.25) is 5.95 Å². The summed E-state index contributed by atoms with van der Waals surface area (Å²) in [6.45, 7) is 0.885. The van der Waals surface area contributed by atoms with Gasteiger partial charge in [0.15, 0.2) is 17.4 Å². The molecule has 3 rings (SSSR count). The molecule has 1 saturated heterocycles. The fourth-order valence-corrected chi connectivity index (χ4v) is 2.43. The molecule has 1 fully saturated rings. The molecule has 0 aromatic carbocycles. The van der Waals surface area contributed by atoms with E-state index in [2.05, 4.69) is 15.0 Å². The standard InChI is InChI=1S/C11H15N5O5/c1-11(20)4(2-17)21-9(6(11)18)16-3-13-5-7(16)14-10(12)15-8(5)19/h3-4,6,9,17-18,20H,2H2,1H3,(H3,12,14,15,19)/t4-,6-,9-,11?/m1/s1. The molecule has 21 heavy (non-hydrogen) atoms. The summed E-state index contributed by atoms with van der Waals surface area (Å²) in [4.78, 5) is 21.9. The zero-order valence-corrected chi connectivity index (χ0v) is 11.1. The number of imidazole rings is 1. The maximum atomic E-state index is 11.7. The Hall–Kier alpha value is -2.01. The smallest absolute Gasteiger partial charge is 0.280 e. The first-order chi connectivity index (χ1) is 9.86. The number of hydrogen-bond acceptors (Lipinski definition) is 8. The summed E-state index contributed by atoms with van der Waals surface area (Å²) in [6, 6.07) is 0. The van der Waals surface area contributed by atoms with E-state index in [0.29, 0.717) is 0 Å². The predicted molar refractivity (Wildman–Crippen MR) is 70.2 cm³/mol. The first-order valence-corrected chi connectivity index (χ1v) is 6.25. The van der Waals surface area contributed by atoms with E-state index in [4.69, 9.17) is 10.5 Å². The number of nitrogens with zero attached hydrogens (tertiary/aromatic N) is 3. The van der Waals surface area contributed by atoms with Crippen molar-refractivity contribution in [1.29, 1.82) is 0 Å². The van der Waals surface area contributed by atoms with E-state index in [1.165, 1.54) is 17.8 Å². The van der Waals surface area contributed by atoms with Crippen molar-refractivity contribution in [3.8, 4) is 0 Å². The van der Waals surface area contributed by atoms with E-state index in [1.54, 1.807) is 0 Å². The number of fused-ring (bicyclic) bond motifs is 1. The highest BCUT2D eigenvalue weighted by molar-refractivity contribution is 5.70. The summed E-state index contributed by atoms with van der Waals surface area (Å²) in [7, 11) is 0. The molecule has 0 spiro atoms. The van der Waals surface area contributed by atoms with Crippen LogP contribution in [-0.2, 0) is 4.74 Å². The zero-order valence-electron chi connectivity index (χ0n) is 11.1. The maximum Gasteiger partial charge on any atom is 0.280 e. The molecule has 1 aliphatic heterocycles. The monoisotopic (exact) mass is 297 g/mol. The van der Waals surface area contributed by atoms with Crippen LogP contribution >= 0.6 is 0 Å². The molecule has 0 saturated carbocycles. The van der Waals surface area contributed by atoms with Crippen LogP contribution in [-0.4, -0.2) is 59.3 Å². The van der Waals surface area contributed by atoms with Crippen molar-refractivity contribution in [3.63, 3.8) is 0 Å². The Morgan fingerprint density at radius 1 is 1.62 bits per heavy atom. The van der Waals surface area contributed by atoms with Crippen molar-refractivity contribution in [1.82, 2.24) is 19.5 Å². The summed E-state index contributed by atoms with van der Waals surface area (Å²) in [5.74, 6) is -0.104. The minimum atomic E-state index is -1.65. The molecule has 4 atom stereocenters. The van der Waals surface area contributed by atoms with Gasteiger partial charge in [-0.25, -0.2) is 4.98 Å². The number of hydrogen-bond donors (Lipinski definition) is 5. The van der Waals surface area contributed by atoms with E-state index in [9.17, 15) is 20.1 Å². The van der Waals surface area contributed by atoms with Gasteiger partial charge in [-0.05, 0) is 6.92 Å². The van der Waals surface area contributed by atoms with Gasteiger partial charge < -0.3 is 25.8 Å². The number of rotatable bonds is 2. The van der Waals surface area contributed by atoms with Gasteiger partial charge in [0, 0.05) is 0 Å². The van der Waals surface area contributed by atoms with Gasteiger partial charge in [-0.15, -0.1) is 0 Å². The second kappa shape index (κ2) is 4.49. The lowest BCUT2D eigenvalue weighted by Crippen LogP contribution is -2.46. The molecule has 10 nitrogen and oxygen atoms in total. The largest absolute Gasteiger partial charge is 0.394 e. The number of aromatic nitrogens is 4. The van der Waals surface area contributed by atoms with Crippen molar-refractivity contribution in [2.24, 2.45) is 0 Å². The first-order valence-electron chi connectivity index (χ1n) is 6.25. The molecular weight excluding hydrogens is 282 g/mol. The number of H-pyrrole nitrogens is 1. The third-order valence-corrected chi connectivity index (χ3v) is 3.72. The van der Waals surface area contributed by atoms with E-state index < -0.39 is 36.2 Å². The van der Waals surface area contributed by atoms with Crippen molar-refractivity contribution < 1.29 is 20.1 Å². The van der Waals surface area contributed by atoms with Crippen LogP contribution < -0.4 is 11.3 Å². The Morgan fingerprint density at radius 2 is 2.33 bits per heavy atom. The van der Waals surface area contributed by atoms with E-state index in [0.717, 1.165) is 0 Å². The Kier molecular flexibility index (Phi) is 2.99. The van der Waals surface area contributed by atoms with Crippen molar-refractivity contribution in [3.05, 3.63) is 16.7 Å². The van der Waals surface area contributed by atoms with Crippen LogP contribution in [0.2, 0.25) is 0 Å². The molecule has 6 N–H and O–H groups in total. The minimum absolute atomic E-state index is 0.0343.